The van der Waals surface area contributed by atoms with E-state index in [0.29, 0.717) is 24.3 Å². The summed E-state index contributed by atoms with van der Waals surface area (Å²) in [6.07, 6.45) is 9.32. The van der Waals surface area contributed by atoms with Crippen LogP contribution in [0.1, 0.15) is 50.8 Å². The minimum absolute atomic E-state index is 0.0896. The largest absolute Gasteiger partial charge is 0.369 e. The number of fused-ring (bicyclic) bond motifs is 2. The Labute approximate surface area is 263 Å². The van der Waals surface area contributed by atoms with E-state index in [0.717, 1.165) is 60.4 Å². The average Bonchev–Trinajstić information content (AvgIpc) is 3.84. The Morgan fingerprint density at radius 1 is 1.00 bits per heavy atom. The van der Waals surface area contributed by atoms with E-state index in [1.54, 1.807) is 0 Å². The van der Waals surface area contributed by atoms with Crippen molar-refractivity contribution < 1.29 is 4.84 Å². The molecule has 230 valence electrons. The van der Waals surface area contributed by atoms with Crippen molar-refractivity contribution in [1.29, 1.82) is 5.26 Å². The molecule has 0 spiro atoms. The van der Waals surface area contributed by atoms with Gasteiger partial charge in [0.25, 0.3) is 0 Å². The van der Waals surface area contributed by atoms with E-state index in [1.165, 1.54) is 23.5 Å². The van der Waals surface area contributed by atoms with E-state index >= 15 is 0 Å². The summed E-state index contributed by atoms with van der Waals surface area (Å²) in [5.74, 6) is 2.66. The average molecular weight is 603 g/mol. The molecule has 2 atom stereocenters. The van der Waals surface area contributed by atoms with Crippen LogP contribution in [-0.2, 0) is 0 Å². The van der Waals surface area contributed by atoms with Gasteiger partial charge in [0.05, 0.1) is 17.8 Å². The number of anilines is 2. The van der Waals surface area contributed by atoms with E-state index in [9.17, 15) is 5.26 Å². The molecule has 1 unspecified atom stereocenters. The van der Waals surface area contributed by atoms with E-state index in [2.05, 4.69) is 64.1 Å². The molecule has 5 aromatic rings. The molecule has 1 N–H and O–H groups in total. The Hall–Kier alpha value is -4.95. The molecule has 2 fully saturated rings. The van der Waals surface area contributed by atoms with Gasteiger partial charge in [-0.1, -0.05) is 43.3 Å². The Bertz CT molecular complexity index is 1810. The second-order valence-electron chi connectivity index (χ2n) is 12.0. The quantitative estimate of drug-likeness (QED) is 0.114. The first-order valence-electron chi connectivity index (χ1n) is 15.8. The lowest BCUT2D eigenvalue weighted by Gasteiger charge is -2.35. The van der Waals surface area contributed by atoms with Crippen LogP contribution in [0.5, 0.6) is 5.75 Å². The van der Waals surface area contributed by atoms with Gasteiger partial charge in [-0.3, -0.25) is 14.6 Å². The highest BCUT2D eigenvalue weighted by Crippen LogP contribution is 2.44. The highest BCUT2D eigenvalue weighted by molar-refractivity contribution is 5.87. The molecule has 0 bridgehead atoms. The standard InChI is InChI=1S/C34H38N10O/c1-3-24(2)44-32-30(21-37-44)38-34(42-17-15-41(16-18-42)23-43(22-35)45-28-10-5-4-6-11-28)40-33(32)39-31(25-13-14-25)27-19-26-9-7-8-12-29(26)36-20-27/h4-12,19-21,24-25,31H,3,13-18,23H2,1-2H3,(H,38,39,40)/t24?,31-/m1/s1. The van der Waals surface area contributed by atoms with Gasteiger partial charge in [0.1, 0.15) is 17.7 Å². The van der Waals surface area contributed by atoms with E-state index in [-0.39, 0.29) is 12.1 Å². The third kappa shape index (κ3) is 6.19. The number of para-hydroxylation sites is 2. The van der Waals surface area contributed by atoms with Crippen LogP contribution in [0.2, 0.25) is 0 Å². The third-order valence-electron chi connectivity index (χ3n) is 8.85. The van der Waals surface area contributed by atoms with Gasteiger partial charge in [0.15, 0.2) is 11.6 Å². The first-order chi connectivity index (χ1) is 22.1. The molecule has 1 aliphatic carbocycles. The van der Waals surface area contributed by atoms with Gasteiger partial charge >= 0.3 is 0 Å². The highest BCUT2D eigenvalue weighted by atomic mass is 16.7. The summed E-state index contributed by atoms with van der Waals surface area (Å²) < 4.78 is 2.06. The van der Waals surface area contributed by atoms with Crippen molar-refractivity contribution >= 4 is 33.7 Å². The number of nitrogens with one attached hydrogen (secondary N) is 1. The Morgan fingerprint density at radius 3 is 2.53 bits per heavy atom. The van der Waals surface area contributed by atoms with Crippen molar-refractivity contribution in [3.05, 3.63) is 78.6 Å². The molecule has 2 aliphatic rings. The fraction of sp³-hybridized carbons (Fsp3) is 0.382. The van der Waals surface area contributed by atoms with Crippen molar-refractivity contribution in [2.24, 2.45) is 5.92 Å². The minimum atomic E-state index is 0.0896. The highest BCUT2D eigenvalue weighted by Gasteiger charge is 2.34. The molecule has 7 rings (SSSR count). The van der Waals surface area contributed by atoms with Gasteiger partial charge in [0, 0.05) is 43.8 Å². The smallest absolute Gasteiger partial charge is 0.228 e. The number of hydroxylamine groups is 2. The summed E-state index contributed by atoms with van der Waals surface area (Å²) in [5, 5.41) is 20.8. The summed E-state index contributed by atoms with van der Waals surface area (Å²) in [6, 6.07) is 20.2. The van der Waals surface area contributed by atoms with Gasteiger partial charge in [-0.15, -0.1) is 5.06 Å². The van der Waals surface area contributed by atoms with Crippen LogP contribution in [0.15, 0.2) is 73.1 Å². The predicted molar refractivity (Wildman–Crippen MR) is 174 cm³/mol. The molecule has 0 radical (unpaired) electrons. The molecule has 3 aromatic heterocycles. The first-order valence-corrected chi connectivity index (χ1v) is 15.8. The lowest BCUT2D eigenvalue weighted by Crippen LogP contribution is -2.50. The zero-order chi connectivity index (χ0) is 30.8. The maximum absolute atomic E-state index is 9.66. The van der Waals surface area contributed by atoms with Gasteiger partial charge in [-0.05, 0) is 61.9 Å². The predicted octanol–water partition coefficient (Wildman–Crippen LogP) is 5.77. The van der Waals surface area contributed by atoms with Crippen molar-refractivity contribution in [1.82, 2.24) is 34.7 Å². The number of pyridine rings is 1. The summed E-state index contributed by atoms with van der Waals surface area (Å²) in [6.45, 7) is 7.70. The SMILES string of the molecule is CCC(C)n1ncc2nc(N3CCN(CN(C#N)Oc4ccccc4)CC3)nc(N[C@@H](c3cnc4ccccc4c3)C3CC3)c21. The molecule has 1 aliphatic heterocycles. The number of rotatable bonds is 11. The van der Waals surface area contributed by atoms with Crippen molar-refractivity contribution in [2.45, 2.75) is 45.2 Å². The first kappa shape index (κ1) is 28.8. The van der Waals surface area contributed by atoms with Gasteiger partial charge in [0.2, 0.25) is 12.1 Å². The molecule has 11 nitrogen and oxygen atoms in total. The Balaban J connectivity index is 1.14. The van der Waals surface area contributed by atoms with Crippen LogP contribution in [-0.4, -0.2) is 67.5 Å². The van der Waals surface area contributed by atoms with Gasteiger partial charge in [-0.2, -0.15) is 15.3 Å². The number of benzene rings is 2. The molecule has 2 aromatic carbocycles. The van der Waals surface area contributed by atoms with E-state index in [4.69, 9.17) is 24.9 Å². The minimum Gasteiger partial charge on any atom is -0.369 e. The molecule has 1 saturated heterocycles. The van der Waals surface area contributed by atoms with Crippen molar-refractivity contribution in [2.75, 3.05) is 43.1 Å². The van der Waals surface area contributed by atoms with Crippen LogP contribution in [0.3, 0.4) is 0 Å². The van der Waals surface area contributed by atoms with Crippen LogP contribution in [0.25, 0.3) is 21.9 Å². The zero-order valence-electron chi connectivity index (χ0n) is 25.8. The molecular formula is C34H38N10O. The maximum atomic E-state index is 9.66. The van der Waals surface area contributed by atoms with Crippen molar-refractivity contribution in [3.63, 3.8) is 0 Å². The van der Waals surface area contributed by atoms with E-state index < -0.39 is 0 Å². The number of nitriles is 1. The monoisotopic (exact) mass is 602 g/mol. The third-order valence-corrected chi connectivity index (χ3v) is 8.85. The molecule has 45 heavy (non-hydrogen) atoms. The number of piperazine rings is 1. The summed E-state index contributed by atoms with van der Waals surface area (Å²) in [5.41, 5.74) is 3.95. The molecular weight excluding hydrogens is 564 g/mol. The van der Waals surface area contributed by atoms with Crippen LogP contribution < -0.4 is 15.1 Å². The molecule has 0 amide bonds. The second kappa shape index (κ2) is 12.6. The van der Waals surface area contributed by atoms with Gasteiger partial charge in [-0.25, -0.2) is 4.98 Å². The lowest BCUT2D eigenvalue weighted by atomic mass is 10.0. The topological polar surface area (TPSA) is 111 Å². The normalized spacial score (nSPS) is 16.8. The summed E-state index contributed by atoms with van der Waals surface area (Å²) >= 11 is 0. The summed E-state index contributed by atoms with van der Waals surface area (Å²) in [4.78, 5) is 25.2. The number of aromatic nitrogens is 5. The van der Waals surface area contributed by atoms with Crippen LogP contribution in [0, 0.1) is 17.4 Å². The van der Waals surface area contributed by atoms with E-state index in [1.807, 2.05) is 48.8 Å². The number of hydrogen-bond donors (Lipinski definition) is 1. The van der Waals surface area contributed by atoms with Crippen LogP contribution in [0.4, 0.5) is 11.8 Å². The summed E-state index contributed by atoms with van der Waals surface area (Å²) in [7, 11) is 0. The van der Waals surface area contributed by atoms with Crippen LogP contribution >= 0.6 is 0 Å². The molecule has 4 heterocycles. The Morgan fingerprint density at radius 2 is 1.78 bits per heavy atom. The zero-order valence-corrected chi connectivity index (χ0v) is 25.8. The fourth-order valence-corrected chi connectivity index (χ4v) is 5.97. The second-order valence-corrected chi connectivity index (χ2v) is 12.0. The number of hydrogen-bond acceptors (Lipinski definition) is 10. The molecule has 11 heteroatoms. The van der Waals surface area contributed by atoms with Gasteiger partial charge < -0.3 is 15.1 Å². The lowest BCUT2D eigenvalue weighted by molar-refractivity contribution is -0.0437. The Kier molecular flexibility index (Phi) is 8.05. The fourth-order valence-electron chi connectivity index (χ4n) is 5.97. The maximum Gasteiger partial charge on any atom is 0.228 e. The van der Waals surface area contributed by atoms with Crippen molar-refractivity contribution in [3.8, 4) is 11.9 Å². The molecule has 1 saturated carbocycles. The number of nitrogens with zero attached hydrogens (tertiary/aromatic N) is 9.